The van der Waals surface area contributed by atoms with Crippen molar-refractivity contribution >= 4 is 11.8 Å². The molecule has 0 radical (unpaired) electrons. The van der Waals surface area contributed by atoms with E-state index < -0.39 is 5.41 Å². The van der Waals surface area contributed by atoms with Gasteiger partial charge in [-0.2, -0.15) is 0 Å². The minimum atomic E-state index is -0.700. The number of carbonyl (C=O) groups excluding carboxylic acids is 2. The number of carbonyl (C=O) groups is 2. The Morgan fingerprint density at radius 3 is 2.72 bits per heavy atom. The molecule has 0 N–H and O–H groups in total. The SMILES string of the molecule is C=CC12CCC(=O)[C@@H]1[C@](C)(C(=O)OC)[C@H](C)CC2. The molecule has 0 aromatic carbocycles. The van der Waals surface area contributed by atoms with Crippen LogP contribution in [0, 0.1) is 22.7 Å². The molecule has 2 rings (SSSR count). The number of fused-ring (bicyclic) bond motifs is 1. The molecule has 2 aliphatic rings. The summed E-state index contributed by atoms with van der Waals surface area (Å²) < 4.78 is 4.98. The van der Waals surface area contributed by atoms with E-state index in [0.29, 0.717) is 6.42 Å². The van der Waals surface area contributed by atoms with Crippen LogP contribution in [0.15, 0.2) is 12.7 Å². The van der Waals surface area contributed by atoms with E-state index in [1.165, 1.54) is 7.11 Å². The van der Waals surface area contributed by atoms with Crippen LogP contribution in [0.2, 0.25) is 0 Å². The van der Waals surface area contributed by atoms with Crippen LogP contribution in [0.3, 0.4) is 0 Å². The summed E-state index contributed by atoms with van der Waals surface area (Å²) >= 11 is 0. The molecular weight excluding hydrogens is 228 g/mol. The van der Waals surface area contributed by atoms with Gasteiger partial charge in [-0.15, -0.1) is 6.58 Å². The zero-order chi connectivity index (χ0) is 13.6. The topological polar surface area (TPSA) is 43.4 Å². The average Bonchev–Trinajstić information content (AvgIpc) is 2.72. The molecule has 2 aliphatic carbocycles. The molecule has 3 heteroatoms. The van der Waals surface area contributed by atoms with Crippen molar-refractivity contribution in [2.24, 2.45) is 22.7 Å². The normalized spacial score (nSPS) is 43.4. The van der Waals surface area contributed by atoms with Gasteiger partial charge >= 0.3 is 5.97 Å². The standard InChI is InChI=1S/C15H22O3/c1-5-15-8-6-10(2)14(3,13(17)18-4)12(15)11(16)7-9-15/h5,10,12H,1,6-9H2,2-4H3/t10-,12-,14-,15?/m1/s1. The van der Waals surface area contributed by atoms with Crippen molar-refractivity contribution in [3.05, 3.63) is 12.7 Å². The maximum Gasteiger partial charge on any atom is 0.312 e. The third-order valence-corrected chi connectivity index (χ3v) is 5.43. The van der Waals surface area contributed by atoms with Gasteiger partial charge in [-0.3, -0.25) is 9.59 Å². The highest BCUT2D eigenvalue weighted by molar-refractivity contribution is 5.92. The third-order valence-electron chi connectivity index (χ3n) is 5.43. The van der Waals surface area contributed by atoms with Crippen LogP contribution in [0.25, 0.3) is 0 Å². The number of allylic oxidation sites excluding steroid dienone is 1. The quantitative estimate of drug-likeness (QED) is 0.559. The highest BCUT2D eigenvalue weighted by Crippen LogP contribution is 2.60. The second-order valence-corrected chi connectivity index (χ2v) is 6.05. The highest BCUT2D eigenvalue weighted by atomic mass is 16.5. The van der Waals surface area contributed by atoms with Crippen molar-refractivity contribution in [1.82, 2.24) is 0 Å². The van der Waals surface area contributed by atoms with Crippen molar-refractivity contribution in [2.75, 3.05) is 7.11 Å². The Hall–Kier alpha value is -1.12. The predicted octanol–water partition coefficient (Wildman–Crippen LogP) is 2.75. The number of esters is 1. The van der Waals surface area contributed by atoms with Crippen LogP contribution in [-0.4, -0.2) is 18.9 Å². The largest absolute Gasteiger partial charge is 0.469 e. The zero-order valence-corrected chi connectivity index (χ0v) is 11.5. The maximum absolute atomic E-state index is 12.3. The summed E-state index contributed by atoms with van der Waals surface area (Å²) in [6, 6.07) is 0. The van der Waals surface area contributed by atoms with Gasteiger partial charge in [0.1, 0.15) is 5.78 Å². The van der Waals surface area contributed by atoms with Crippen LogP contribution in [-0.2, 0) is 14.3 Å². The molecule has 0 aromatic heterocycles. The molecule has 0 heterocycles. The summed E-state index contributed by atoms with van der Waals surface area (Å²) in [5, 5.41) is 0. The van der Waals surface area contributed by atoms with E-state index in [0.717, 1.165) is 19.3 Å². The number of hydrogen-bond acceptors (Lipinski definition) is 3. The smallest absolute Gasteiger partial charge is 0.312 e. The molecule has 3 nitrogen and oxygen atoms in total. The van der Waals surface area contributed by atoms with Gasteiger partial charge in [-0.05, 0) is 37.5 Å². The van der Waals surface area contributed by atoms with E-state index in [1.54, 1.807) is 0 Å². The minimum absolute atomic E-state index is 0.171. The van der Waals surface area contributed by atoms with Crippen molar-refractivity contribution in [3.8, 4) is 0 Å². The Balaban J connectivity index is 2.52. The zero-order valence-electron chi connectivity index (χ0n) is 11.5. The first-order valence-corrected chi connectivity index (χ1v) is 6.67. The van der Waals surface area contributed by atoms with E-state index in [4.69, 9.17) is 4.74 Å². The molecule has 0 saturated heterocycles. The van der Waals surface area contributed by atoms with Crippen molar-refractivity contribution in [3.63, 3.8) is 0 Å². The lowest BCUT2D eigenvalue weighted by atomic mass is 9.52. The summed E-state index contributed by atoms with van der Waals surface area (Å²) in [7, 11) is 1.41. The van der Waals surface area contributed by atoms with Crippen LogP contribution in [0.1, 0.15) is 39.5 Å². The molecule has 100 valence electrons. The first kappa shape index (κ1) is 13.3. The molecule has 0 spiro atoms. The fraction of sp³-hybridized carbons (Fsp3) is 0.733. The molecular formula is C15H22O3. The minimum Gasteiger partial charge on any atom is -0.469 e. The van der Waals surface area contributed by atoms with Crippen LogP contribution < -0.4 is 0 Å². The second-order valence-electron chi connectivity index (χ2n) is 6.05. The van der Waals surface area contributed by atoms with Crippen molar-refractivity contribution < 1.29 is 14.3 Å². The van der Waals surface area contributed by atoms with Crippen LogP contribution in [0.4, 0.5) is 0 Å². The predicted molar refractivity (Wildman–Crippen MR) is 68.9 cm³/mol. The molecule has 0 aliphatic heterocycles. The van der Waals surface area contributed by atoms with E-state index in [1.807, 2.05) is 13.0 Å². The summed E-state index contributed by atoms with van der Waals surface area (Å²) in [5.74, 6) is -0.126. The Bertz CT molecular complexity index is 401. The number of hydrogen-bond donors (Lipinski definition) is 0. The Morgan fingerprint density at radius 2 is 2.17 bits per heavy atom. The first-order valence-electron chi connectivity index (χ1n) is 6.67. The van der Waals surface area contributed by atoms with Gasteiger partial charge < -0.3 is 4.74 Å². The lowest BCUT2D eigenvalue weighted by molar-refractivity contribution is -0.169. The second kappa shape index (κ2) is 4.22. The number of Topliss-reactive ketones (excluding diaryl/α,β-unsaturated/α-hetero) is 1. The van der Waals surface area contributed by atoms with Gasteiger partial charge in [0.05, 0.1) is 12.5 Å². The van der Waals surface area contributed by atoms with Gasteiger partial charge in [-0.25, -0.2) is 0 Å². The highest BCUT2D eigenvalue weighted by Gasteiger charge is 2.62. The van der Waals surface area contributed by atoms with Crippen molar-refractivity contribution in [1.29, 1.82) is 0 Å². The number of ether oxygens (including phenoxy) is 1. The van der Waals surface area contributed by atoms with Gasteiger partial charge in [0, 0.05) is 12.3 Å². The summed E-state index contributed by atoms with van der Waals surface area (Å²) in [6.45, 7) is 7.87. The fourth-order valence-corrected chi connectivity index (χ4v) is 4.10. The first-order chi connectivity index (χ1) is 8.42. The lowest BCUT2D eigenvalue weighted by Crippen LogP contribution is -2.53. The number of methoxy groups -OCH3 is 1. The summed E-state index contributed by atoms with van der Waals surface area (Å²) in [4.78, 5) is 24.5. The number of rotatable bonds is 2. The van der Waals surface area contributed by atoms with E-state index in [2.05, 4.69) is 13.5 Å². The molecule has 0 aromatic rings. The van der Waals surface area contributed by atoms with Crippen LogP contribution >= 0.6 is 0 Å². The molecule has 2 fully saturated rings. The fourth-order valence-electron chi connectivity index (χ4n) is 4.10. The Labute approximate surface area is 109 Å². The lowest BCUT2D eigenvalue weighted by Gasteiger charge is -2.49. The maximum atomic E-state index is 12.3. The van der Waals surface area contributed by atoms with Crippen LogP contribution in [0.5, 0.6) is 0 Å². The summed E-state index contributed by atoms with van der Waals surface area (Å²) in [6.07, 6.45) is 5.22. The molecule has 1 unspecified atom stereocenters. The molecule has 4 atom stereocenters. The molecule has 18 heavy (non-hydrogen) atoms. The van der Waals surface area contributed by atoms with Crippen molar-refractivity contribution in [2.45, 2.75) is 39.5 Å². The van der Waals surface area contributed by atoms with Gasteiger partial charge in [-0.1, -0.05) is 13.0 Å². The molecule has 0 amide bonds. The van der Waals surface area contributed by atoms with E-state index in [9.17, 15) is 9.59 Å². The van der Waals surface area contributed by atoms with Gasteiger partial charge in [0.25, 0.3) is 0 Å². The van der Waals surface area contributed by atoms with Gasteiger partial charge in [0.15, 0.2) is 0 Å². The third kappa shape index (κ3) is 1.49. The monoisotopic (exact) mass is 250 g/mol. The van der Waals surface area contributed by atoms with Gasteiger partial charge in [0.2, 0.25) is 0 Å². The number of ketones is 1. The molecule has 0 bridgehead atoms. The average molecular weight is 250 g/mol. The summed E-state index contributed by atoms with van der Waals surface area (Å²) in [5.41, 5.74) is -0.888. The Morgan fingerprint density at radius 1 is 1.50 bits per heavy atom. The molecule has 2 saturated carbocycles. The van der Waals surface area contributed by atoms with E-state index in [-0.39, 0.29) is 29.0 Å². The Kier molecular flexibility index (Phi) is 3.12. The van der Waals surface area contributed by atoms with E-state index >= 15 is 0 Å².